The van der Waals surface area contributed by atoms with Gasteiger partial charge in [0.15, 0.2) is 0 Å². The summed E-state index contributed by atoms with van der Waals surface area (Å²) >= 11 is 5.75. The highest BCUT2D eigenvalue weighted by Crippen LogP contribution is 2.18. The summed E-state index contributed by atoms with van der Waals surface area (Å²) < 4.78 is 5.61. The van der Waals surface area contributed by atoms with E-state index in [2.05, 4.69) is 11.9 Å². The highest BCUT2D eigenvalue weighted by atomic mass is 35.5. The van der Waals surface area contributed by atoms with Gasteiger partial charge in [0.05, 0.1) is 12.5 Å². The highest BCUT2D eigenvalue weighted by molar-refractivity contribution is 6.17. The van der Waals surface area contributed by atoms with E-state index < -0.39 is 0 Å². The zero-order valence-corrected chi connectivity index (χ0v) is 9.26. The van der Waals surface area contributed by atoms with Gasteiger partial charge in [-0.15, -0.1) is 11.6 Å². The smallest absolute Gasteiger partial charge is 0.126 e. The van der Waals surface area contributed by atoms with Crippen molar-refractivity contribution in [3.63, 3.8) is 0 Å². The second-order valence-electron chi connectivity index (χ2n) is 3.17. The number of halogens is 1. The Balaban J connectivity index is 2.41. The number of hydrogen-bond donors (Lipinski definition) is 0. The van der Waals surface area contributed by atoms with Gasteiger partial charge >= 0.3 is 0 Å². The molecule has 2 nitrogen and oxygen atoms in total. The van der Waals surface area contributed by atoms with Gasteiger partial charge in [0.2, 0.25) is 0 Å². The maximum Gasteiger partial charge on any atom is 0.126 e. The van der Waals surface area contributed by atoms with Gasteiger partial charge < -0.3 is 4.74 Å². The SMILES string of the molecule is CCCCCOc1ccncc1CCl. The van der Waals surface area contributed by atoms with Gasteiger partial charge in [-0.05, 0) is 12.5 Å². The molecular weight excluding hydrogens is 198 g/mol. The van der Waals surface area contributed by atoms with Crippen molar-refractivity contribution in [1.29, 1.82) is 0 Å². The molecule has 1 aromatic rings. The van der Waals surface area contributed by atoms with Gasteiger partial charge in [-0.2, -0.15) is 0 Å². The zero-order valence-electron chi connectivity index (χ0n) is 8.50. The van der Waals surface area contributed by atoms with E-state index in [1.54, 1.807) is 12.4 Å². The van der Waals surface area contributed by atoms with Crippen LogP contribution in [0.5, 0.6) is 5.75 Å². The van der Waals surface area contributed by atoms with Crippen molar-refractivity contribution in [3.8, 4) is 5.75 Å². The first kappa shape index (κ1) is 11.3. The molecule has 0 radical (unpaired) electrons. The molecule has 1 rings (SSSR count). The molecule has 0 aromatic carbocycles. The number of pyridine rings is 1. The molecule has 0 saturated heterocycles. The Kier molecular flexibility index (Phi) is 5.38. The lowest BCUT2D eigenvalue weighted by Gasteiger charge is -2.08. The normalized spacial score (nSPS) is 10.1. The molecule has 0 fully saturated rings. The van der Waals surface area contributed by atoms with Crippen LogP contribution in [0.2, 0.25) is 0 Å². The number of ether oxygens (including phenoxy) is 1. The summed E-state index contributed by atoms with van der Waals surface area (Å²) in [6.45, 7) is 2.94. The molecule has 0 spiro atoms. The summed E-state index contributed by atoms with van der Waals surface area (Å²) in [7, 11) is 0. The molecule has 14 heavy (non-hydrogen) atoms. The minimum atomic E-state index is 0.455. The van der Waals surface area contributed by atoms with Crippen molar-refractivity contribution < 1.29 is 4.74 Å². The number of unbranched alkanes of at least 4 members (excludes halogenated alkanes) is 2. The second-order valence-corrected chi connectivity index (χ2v) is 3.44. The summed E-state index contributed by atoms with van der Waals surface area (Å²) in [5.74, 6) is 1.32. The zero-order chi connectivity index (χ0) is 10.2. The van der Waals surface area contributed by atoms with E-state index in [1.807, 2.05) is 6.07 Å². The molecular formula is C11H16ClNO. The number of nitrogens with zero attached hydrogens (tertiary/aromatic N) is 1. The van der Waals surface area contributed by atoms with E-state index in [0.29, 0.717) is 5.88 Å². The third kappa shape index (κ3) is 3.54. The Morgan fingerprint density at radius 3 is 3.00 bits per heavy atom. The van der Waals surface area contributed by atoms with Crippen LogP contribution in [0, 0.1) is 0 Å². The molecule has 0 bridgehead atoms. The predicted molar refractivity (Wildman–Crippen MR) is 58.8 cm³/mol. The minimum Gasteiger partial charge on any atom is -0.493 e. The van der Waals surface area contributed by atoms with Gasteiger partial charge in [-0.25, -0.2) is 0 Å². The van der Waals surface area contributed by atoms with Crippen molar-refractivity contribution >= 4 is 11.6 Å². The van der Waals surface area contributed by atoms with Crippen LogP contribution < -0.4 is 4.74 Å². The van der Waals surface area contributed by atoms with Crippen molar-refractivity contribution in [2.75, 3.05) is 6.61 Å². The minimum absolute atomic E-state index is 0.455. The van der Waals surface area contributed by atoms with Crippen LogP contribution in [0.4, 0.5) is 0 Å². The average Bonchev–Trinajstić information content (AvgIpc) is 2.25. The Hall–Kier alpha value is -0.760. The average molecular weight is 214 g/mol. The van der Waals surface area contributed by atoms with E-state index in [-0.39, 0.29) is 0 Å². The lowest BCUT2D eigenvalue weighted by molar-refractivity contribution is 0.303. The van der Waals surface area contributed by atoms with Crippen molar-refractivity contribution in [2.45, 2.75) is 32.1 Å². The van der Waals surface area contributed by atoms with Crippen LogP contribution >= 0.6 is 11.6 Å². The number of aromatic nitrogens is 1. The van der Waals surface area contributed by atoms with Gasteiger partial charge in [0, 0.05) is 18.0 Å². The molecule has 0 atom stereocenters. The monoisotopic (exact) mass is 213 g/mol. The molecule has 0 unspecified atom stereocenters. The fourth-order valence-corrected chi connectivity index (χ4v) is 1.39. The summed E-state index contributed by atoms with van der Waals surface area (Å²) in [5, 5.41) is 0. The molecule has 0 saturated carbocycles. The fraction of sp³-hybridized carbons (Fsp3) is 0.545. The predicted octanol–water partition coefficient (Wildman–Crippen LogP) is 3.39. The second kappa shape index (κ2) is 6.66. The molecule has 0 amide bonds. The van der Waals surface area contributed by atoms with Gasteiger partial charge in [0.25, 0.3) is 0 Å². The lowest BCUT2D eigenvalue weighted by atomic mass is 10.2. The standard InChI is InChI=1S/C11H16ClNO/c1-2-3-4-7-14-11-5-6-13-9-10(11)8-12/h5-6,9H,2-4,7-8H2,1H3. The Morgan fingerprint density at radius 2 is 2.29 bits per heavy atom. The maximum atomic E-state index is 5.75. The topological polar surface area (TPSA) is 22.1 Å². The van der Waals surface area contributed by atoms with Crippen LogP contribution in [-0.4, -0.2) is 11.6 Å². The largest absolute Gasteiger partial charge is 0.493 e. The Labute approximate surface area is 90.3 Å². The molecule has 0 aliphatic rings. The molecule has 3 heteroatoms. The van der Waals surface area contributed by atoms with E-state index in [0.717, 1.165) is 24.3 Å². The van der Waals surface area contributed by atoms with Gasteiger partial charge in [-0.1, -0.05) is 19.8 Å². The first-order valence-corrected chi connectivity index (χ1v) is 5.53. The van der Waals surface area contributed by atoms with Crippen LogP contribution in [0.3, 0.4) is 0 Å². The van der Waals surface area contributed by atoms with E-state index >= 15 is 0 Å². The molecule has 1 aromatic heterocycles. The summed E-state index contributed by atoms with van der Waals surface area (Å²) in [4.78, 5) is 4.00. The third-order valence-corrected chi connectivity index (χ3v) is 2.30. The fourth-order valence-electron chi connectivity index (χ4n) is 1.19. The quantitative estimate of drug-likeness (QED) is 0.534. The van der Waals surface area contributed by atoms with E-state index in [1.165, 1.54) is 12.8 Å². The Morgan fingerprint density at radius 1 is 1.43 bits per heavy atom. The molecule has 1 heterocycles. The number of rotatable bonds is 6. The van der Waals surface area contributed by atoms with Gasteiger partial charge in [0.1, 0.15) is 5.75 Å². The summed E-state index contributed by atoms with van der Waals surface area (Å²) in [6, 6.07) is 1.86. The molecule has 78 valence electrons. The van der Waals surface area contributed by atoms with Crippen LogP contribution in [0.25, 0.3) is 0 Å². The number of alkyl halides is 1. The van der Waals surface area contributed by atoms with E-state index in [4.69, 9.17) is 16.3 Å². The van der Waals surface area contributed by atoms with Crippen molar-refractivity contribution in [3.05, 3.63) is 24.0 Å². The lowest BCUT2D eigenvalue weighted by Crippen LogP contribution is -1.99. The first-order chi connectivity index (χ1) is 6.88. The molecule has 0 aliphatic carbocycles. The Bertz CT molecular complexity index is 265. The maximum absolute atomic E-state index is 5.75. The third-order valence-electron chi connectivity index (χ3n) is 2.01. The first-order valence-electron chi connectivity index (χ1n) is 5.00. The molecule has 0 N–H and O–H groups in total. The van der Waals surface area contributed by atoms with Gasteiger partial charge in [-0.3, -0.25) is 4.98 Å². The summed E-state index contributed by atoms with van der Waals surface area (Å²) in [6.07, 6.45) is 7.00. The van der Waals surface area contributed by atoms with E-state index in [9.17, 15) is 0 Å². The van der Waals surface area contributed by atoms with Crippen LogP contribution in [-0.2, 0) is 5.88 Å². The van der Waals surface area contributed by atoms with Crippen molar-refractivity contribution in [1.82, 2.24) is 4.98 Å². The van der Waals surface area contributed by atoms with Crippen LogP contribution in [0.1, 0.15) is 31.7 Å². The highest BCUT2D eigenvalue weighted by Gasteiger charge is 2.01. The van der Waals surface area contributed by atoms with Crippen LogP contribution in [0.15, 0.2) is 18.5 Å². The molecule has 0 aliphatic heterocycles. The number of hydrogen-bond acceptors (Lipinski definition) is 2. The summed E-state index contributed by atoms with van der Waals surface area (Å²) in [5.41, 5.74) is 0.964. The van der Waals surface area contributed by atoms with Crippen molar-refractivity contribution in [2.24, 2.45) is 0 Å².